The van der Waals surface area contributed by atoms with Crippen molar-refractivity contribution in [3.05, 3.63) is 204 Å². The Labute approximate surface area is 325 Å². The summed E-state index contributed by atoms with van der Waals surface area (Å²) in [6, 6.07) is 53.3. The summed E-state index contributed by atoms with van der Waals surface area (Å²) in [6.45, 7) is 8.00. The topological polar surface area (TPSA) is 20.2 Å². The molecule has 10 rings (SSSR count). The van der Waals surface area contributed by atoms with Crippen molar-refractivity contribution in [2.75, 3.05) is 0 Å². The van der Waals surface area contributed by atoms with Crippen LogP contribution in [0.25, 0.3) is 65.0 Å². The summed E-state index contributed by atoms with van der Waals surface area (Å²) in [6.07, 6.45) is 12.6. The van der Waals surface area contributed by atoms with Crippen LogP contribution in [0.2, 0.25) is 0 Å². The molecule has 2 aliphatic rings. The second kappa shape index (κ2) is 15.7. The van der Waals surface area contributed by atoms with E-state index in [0.29, 0.717) is 5.76 Å². The van der Waals surface area contributed by atoms with E-state index < -0.39 is 0 Å². The summed E-state index contributed by atoms with van der Waals surface area (Å²) in [7, 11) is 0. The van der Waals surface area contributed by atoms with Crippen molar-refractivity contribution in [2.45, 2.75) is 52.4 Å². The highest BCUT2D eigenvalue weighted by Crippen LogP contribution is 2.42. The Morgan fingerprint density at radius 1 is 0.491 bits per heavy atom. The van der Waals surface area contributed by atoms with Gasteiger partial charge >= 0.3 is 0 Å². The van der Waals surface area contributed by atoms with E-state index in [0.717, 1.165) is 18.4 Å². The van der Waals surface area contributed by atoms with Gasteiger partial charge in [-0.05, 0) is 113 Å². The van der Waals surface area contributed by atoms with Crippen molar-refractivity contribution in [1.29, 1.82) is 0 Å². The first-order chi connectivity index (χ1) is 27.2. The number of hydrogen-bond donors (Lipinski definition) is 1. The number of rotatable bonds is 4. The molecule has 0 fully saturated rings. The molecule has 8 aromatic carbocycles. The predicted molar refractivity (Wildman–Crippen MR) is 239 cm³/mol. The van der Waals surface area contributed by atoms with Gasteiger partial charge in [0.1, 0.15) is 5.76 Å². The van der Waals surface area contributed by atoms with Crippen LogP contribution in [0.15, 0.2) is 193 Å². The fraction of sp³-hybridized carbons (Fsp3) is 0.148. The maximum atomic E-state index is 11.3. The third kappa shape index (κ3) is 6.55. The summed E-state index contributed by atoms with van der Waals surface area (Å²) >= 11 is 0. The van der Waals surface area contributed by atoms with Gasteiger partial charge in [-0.1, -0.05) is 185 Å². The number of aliphatic hydroxyl groups excluding tert-OH is 1. The molecule has 0 aromatic heterocycles. The van der Waals surface area contributed by atoms with Gasteiger partial charge in [-0.2, -0.15) is 0 Å². The van der Waals surface area contributed by atoms with Gasteiger partial charge in [0.2, 0.25) is 0 Å². The Balaban J connectivity index is 0.00000104. The highest BCUT2D eigenvalue weighted by Gasteiger charge is 2.24. The lowest BCUT2D eigenvalue weighted by molar-refractivity contribution is 0.416. The minimum absolute atomic E-state index is 0.174. The van der Waals surface area contributed by atoms with Gasteiger partial charge < -0.3 is 5.11 Å². The minimum atomic E-state index is 0.174. The van der Waals surface area contributed by atoms with Gasteiger partial charge in [-0.25, -0.2) is 0 Å². The molecule has 2 unspecified atom stereocenters. The number of allylic oxidation sites excluding steroid dienone is 6. The lowest BCUT2D eigenvalue weighted by Gasteiger charge is -2.25. The van der Waals surface area contributed by atoms with E-state index in [-0.39, 0.29) is 11.8 Å². The van der Waals surface area contributed by atoms with E-state index >= 15 is 0 Å². The first-order valence-electron chi connectivity index (χ1n) is 20.0. The molecular formula is C54H48O. The Hall–Kier alpha value is -6.18. The highest BCUT2D eigenvalue weighted by atomic mass is 16.3. The molecule has 0 saturated carbocycles. The van der Waals surface area contributed by atoms with Crippen molar-refractivity contribution < 1.29 is 5.11 Å². The largest absolute Gasteiger partial charge is 0.508 e. The lowest BCUT2D eigenvalue weighted by Crippen LogP contribution is -2.09. The molecule has 0 heterocycles. The molecule has 8 aromatic rings. The Bertz CT molecular complexity index is 2790. The molecule has 0 spiro atoms. The Kier molecular flexibility index (Phi) is 10.2. The second-order valence-electron chi connectivity index (χ2n) is 14.1. The van der Waals surface area contributed by atoms with E-state index in [4.69, 9.17) is 0 Å². The summed E-state index contributed by atoms with van der Waals surface area (Å²) < 4.78 is 0. The van der Waals surface area contributed by atoms with Crippen molar-refractivity contribution in [3.8, 4) is 11.1 Å². The minimum Gasteiger partial charge on any atom is -0.508 e. The van der Waals surface area contributed by atoms with Gasteiger partial charge in [-0.3, -0.25) is 0 Å². The fourth-order valence-electron chi connectivity index (χ4n) is 8.70. The van der Waals surface area contributed by atoms with Crippen molar-refractivity contribution in [2.24, 2.45) is 0 Å². The Morgan fingerprint density at radius 3 is 1.75 bits per heavy atom. The van der Waals surface area contributed by atoms with Crippen LogP contribution in [0.1, 0.15) is 63.5 Å². The molecular weight excluding hydrogens is 665 g/mol. The van der Waals surface area contributed by atoms with Crippen LogP contribution in [0.3, 0.4) is 0 Å². The predicted octanol–water partition coefficient (Wildman–Crippen LogP) is 15.7. The van der Waals surface area contributed by atoms with Gasteiger partial charge in [-0.15, -0.1) is 0 Å². The maximum Gasteiger partial charge on any atom is 0.118 e. The molecule has 1 nitrogen and oxygen atoms in total. The van der Waals surface area contributed by atoms with E-state index in [1.165, 1.54) is 81.7 Å². The Morgan fingerprint density at radius 2 is 1.05 bits per heavy atom. The molecule has 2 aliphatic carbocycles. The smallest absolute Gasteiger partial charge is 0.118 e. The fourth-order valence-corrected chi connectivity index (χ4v) is 8.70. The number of hydrogen-bond acceptors (Lipinski definition) is 1. The molecule has 0 aliphatic heterocycles. The zero-order valence-electron chi connectivity index (χ0n) is 32.3. The molecule has 0 bridgehead atoms. The van der Waals surface area contributed by atoms with E-state index in [1.54, 1.807) is 0 Å². The third-order valence-electron chi connectivity index (χ3n) is 11.2. The molecule has 2 atom stereocenters. The number of benzene rings is 8. The third-order valence-corrected chi connectivity index (χ3v) is 11.2. The van der Waals surface area contributed by atoms with Crippen LogP contribution >= 0.6 is 0 Å². The molecule has 0 amide bonds. The average Bonchev–Trinajstić information content (AvgIpc) is 3.27. The van der Waals surface area contributed by atoms with Crippen LogP contribution in [-0.4, -0.2) is 5.11 Å². The maximum absolute atomic E-state index is 11.3. The second-order valence-corrected chi connectivity index (χ2v) is 14.1. The average molecular weight is 713 g/mol. The molecule has 1 heteroatoms. The van der Waals surface area contributed by atoms with Gasteiger partial charge in [0.15, 0.2) is 0 Å². The van der Waals surface area contributed by atoms with Crippen molar-refractivity contribution in [1.82, 2.24) is 0 Å². The zero-order chi connectivity index (χ0) is 37.9. The molecule has 55 heavy (non-hydrogen) atoms. The number of aliphatic hydroxyl groups is 1. The number of fused-ring (bicyclic) bond motifs is 9. The zero-order valence-corrected chi connectivity index (χ0v) is 32.3. The first-order valence-corrected chi connectivity index (χ1v) is 20.0. The monoisotopic (exact) mass is 712 g/mol. The molecule has 0 radical (unpaired) electrons. The quantitative estimate of drug-likeness (QED) is 0.180. The summed E-state index contributed by atoms with van der Waals surface area (Å²) in [5.41, 5.74) is 7.18. The normalized spacial score (nSPS) is 16.5. The highest BCUT2D eigenvalue weighted by molar-refractivity contribution is 6.25. The summed E-state index contributed by atoms with van der Waals surface area (Å²) in [5.74, 6) is 0.783. The van der Waals surface area contributed by atoms with Crippen LogP contribution in [0.5, 0.6) is 0 Å². The molecule has 270 valence electrons. The summed E-state index contributed by atoms with van der Waals surface area (Å²) in [4.78, 5) is 0. The van der Waals surface area contributed by atoms with E-state index in [2.05, 4.69) is 170 Å². The van der Waals surface area contributed by atoms with Gasteiger partial charge in [0, 0.05) is 17.4 Å². The van der Waals surface area contributed by atoms with Crippen LogP contribution in [-0.2, 0) is 0 Å². The van der Waals surface area contributed by atoms with Gasteiger partial charge in [0.05, 0.1) is 0 Å². The van der Waals surface area contributed by atoms with E-state index in [9.17, 15) is 5.11 Å². The van der Waals surface area contributed by atoms with E-state index in [1.807, 2.05) is 33.8 Å². The molecule has 0 saturated heterocycles. The molecule has 1 N–H and O–H groups in total. The standard InChI is InChI=1S/C50H36O.2C2H6/c51-50-26-24-35(32-12-9-14-36(27-32)47-31-38-11-1-2-16-39(38)40-17-3-7-21-44(40)47)29-48(50)37-15-10-13-33(28-37)34-23-25-46-43-20-5-4-18-41(43)42-19-6-8-22-45(42)49(46)30-34;2*1-2/h1-23,25-27,29-31,33,35,51H,24,28H2;2*1-2H3. The van der Waals surface area contributed by atoms with Crippen LogP contribution in [0, 0.1) is 0 Å². The van der Waals surface area contributed by atoms with Crippen LogP contribution < -0.4 is 0 Å². The summed E-state index contributed by atoms with van der Waals surface area (Å²) in [5, 5.41) is 24.1. The van der Waals surface area contributed by atoms with Gasteiger partial charge in [0.25, 0.3) is 0 Å². The SMILES string of the molecule is CC.CC.OC1=CCC(c2cccc(-c3cc4ccccc4c4ccccc34)c2)C=C1C1=CC=CC(c2ccc3c4ccccc4c4ccccc4c3c2)C1. The first kappa shape index (κ1) is 35.8. The van der Waals surface area contributed by atoms with Crippen molar-refractivity contribution in [3.63, 3.8) is 0 Å². The van der Waals surface area contributed by atoms with Crippen molar-refractivity contribution >= 4 is 53.9 Å². The lowest BCUT2D eigenvalue weighted by atomic mass is 9.80. The van der Waals surface area contributed by atoms with Crippen LogP contribution in [0.4, 0.5) is 0 Å².